The number of nitrogens with zero attached hydrogens (tertiary/aromatic N) is 1. The summed E-state index contributed by atoms with van der Waals surface area (Å²) in [5.74, 6) is -5.73. The molecule has 1 aliphatic heterocycles. The van der Waals surface area contributed by atoms with Crippen molar-refractivity contribution in [2.45, 2.75) is 0 Å². The largest absolute Gasteiger partial charge is 0.468 e. The third-order valence-corrected chi connectivity index (χ3v) is 4.28. The summed E-state index contributed by atoms with van der Waals surface area (Å²) in [6.07, 6.45) is 3.22. The predicted molar refractivity (Wildman–Crippen MR) is 86.0 cm³/mol. The molecule has 0 aromatic rings. The monoisotopic (exact) mass is 365 g/mol. The van der Waals surface area contributed by atoms with E-state index in [1.54, 1.807) is 24.2 Å². The molecule has 0 amide bonds. The third kappa shape index (κ3) is 2.85. The molecule has 0 saturated carbocycles. The Morgan fingerprint density at radius 1 is 0.808 bits per heavy atom. The highest BCUT2D eigenvalue weighted by Gasteiger charge is 2.50. The Bertz CT molecular complexity index is 761. The molecule has 26 heavy (non-hydrogen) atoms. The first-order chi connectivity index (χ1) is 12.3. The highest BCUT2D eigenvalue weighted by atomic mass is 16.5. The molecule has 0 radical (unpaired) electrons. The lowest BCUT2D eigenvalue weighted by molar-refractivity contribution is -0.149. The number of hydrogen-bond donors (Lipinski definition) is 0. The Morgan fingerprint density at radius 2 is 1.31 bits per heavy atom. The Balaban J connectivity index is 2.88. The number of esters is 4. The molecule has 0 spiro atoms. The summed E-state index contributed by atoms with van der Waals surface area (Å²) < 4.78 is 19.1. The van der Waals surface area contributed by atoms with Crippen molar-refractivity contribution in [1.29, 1.82) is 0 Å². The molecule has 1 heterocycles. The van der Waals surface area contributed by atoms with Crippen LogP contribution in [0.15, 0.2) is 34.7 Å². The standard InChI is InChI=1S/C17H19NO8/c1-18-7-6-8-9(14(19)23-2)10(15(20)24-3)11(16(21)25-4)12(13(8)18)17(22)26-5/h6-8,11H,1-5H3/t8-,11-/m1/s1. The SMILES string of the molecule is COC(=O)C1=C(C(=O)OC)[C@@H](C(=O)OC)C(C(=O)OC)=C2[C@@H]1C=CN2C. The molecule has 0 fully saturated rings. The van der Waals surface area contributed by atoms with Crippen LogP contribution in [-0.4, -0.2) is 64.3 Å². The van der Waals surface area contributed by atoms with Crippen LogP contribution in [0.1, 0.15) is 0 Å². The van der Waals surface area contributed by atoms with Crippen molar-refractivity contribution < 1.29 is 38.1 Å². The van der Waals surface area contributed by atoms with Crippen molar-refractivity contribution in [3.8, 4) is 0 Å². The van der Waals surface area contributed by atoms with E-state index in [2.05, 4.69) is 0 Å². The van der Waals surface area contributed by atoms with Crippen LogP contribution >= 0.6 is 0 Å². The number of hydrogen-bond acceptors (Lipinski definition) is 9. The van der Waals surface area contributed by atoms with Crippen LogP contribution < -0.4 is 0 Å². The Hall–Kier alpha value is -3.10. The van der Waals surface area contributed by atoms with Gasteiger partial charge in [0.25, 0.3) is 0 Å². The fraction of sp³-hybridized carbons (Fsp3) is 0.412. The normalized spacial score (nSPS) is 21.3. The fourth-order valence-corrected chi connectivity index (χ4v) is 3.18. The molecule has 2 rings (SSSR count). The molecule has 9 nitrogen and oxygen atoms in total. The van der Waals surface area contributed by atoms with Gasteiger partial charge in [0.1, 0.15) is 5.92 Å². The topological polar surface area (TPSA) is 108 Å². The molecule has 0 N–H and O–H groups in total. The second-order valence-corrected chi connectivity index (χ2v) is 5.49. The highest BCUT2D eigenvalue weighted by Crippen LogP contribution is 2.45. The van der Waals surface area contributed by atoms with Crippen molar-refractivity contribution in [1.82, 2.24) is 4.90 Å². The van der Waals surface area contributed by atoms with Gasteiger partial charge in [0.15, 0.2) is 0 Å². The molecular formula is C17H19NO8. The van der Waals surface area contributed by atoms with Crippen molar-refractivity contribution in [2.24, 2.45) is 11.8 Å². The summed E-state index contributed by atoms with van der Waals surface area (Å²) in [5, 5.41) is 0. The Morgan fingerprint density at radius 3 is 1.81 bits per heavy atom. The second kappa shape index (κ2) is 7.42. The van der Waals surface area contributed by atoms with E-state index in [0.29, 0.717) is 5.70 Å². The summed E-state index contributed by atoms with van der Waals surface area (Å²) >= 11 is 0. The molecule has 0 aromatic carbocycles. The lowest BCUT2D eigenvalue weighted by atomic mass is 9.75. The van der Waals surface area contributed by atoms with Crippen LogP contribution in [0.2, 0.25) is 0 Å². The van der Waals surface area contributed by atoms with Crippen molar-refractivity contribution in [2.75, 3.05) is 35.5 Å². The number of rotatable bonds is 4. The maximum atomic E-state index is 12.5. The van der Waals surface area contributed by atoms with E-state index >= 15 is 0 Å². The fourth-order valence-electron chi connectivity index (χ4n) is 3.18. The van der Waals surface area contributed by atoms with Crippen molar-refractivity contribution >= 4 is 23.9 Å². The van der Waals surface area contributed by atoms with Gasteiger partial charge in [-0.3, -0.25) is 4.79 Å². The van der Waals surface area contributed by atoms with Gasteiger partial charge < -0.3 is 23.8 Å². The molecular weight excluding hydrogens is 346 g/mol. The minimum atomic E-state index is -1.48. The first-order valence-corrected chi connectivity index (χ1v) is 7.56. The van der Waals surface area contributed by atoms with E-state index in [9.17, 15) is 19.2 Å². The average Bonchev–Trinajstić information content (AvgIpc) is 3.04. The van der Waals surface area contributed by atoms with E-state index in [0.717, 1.165) is 28.4 Å². The lowest BCUT2D eigenvalue weighted by Gasteiger charge is -2.32. The minimum absolute atomic E-state index is 0.0852. The number of methoxy groups -OCH3 is 4. The van der Waals surface area contributed by atoms with Crippen molar-refractivity contribution in [3.63, 3.8) is 0 Å². The van der Waals surface area contributed by atoms with Crippen LogP contribution in [-0.2, 0) is 38.1 Å². The summed E-state index contributed by atoms with van der Waals surface area (Å²) in [6, 6.07) is 0. The van der Waals surface area contributed by atoms with Gasteiger partial charge in [-0.05, 0) is 0 Å². The van der Waals surface area contributed by atoms with Gasteiger partial charge in [-0.25, -0.2) is 14.4 Å². The average molecular weight is 365 g/mol. The van der Waals surface area contributed by atoms with Gasteiger partial charge in [0.05, 0.1) is 51.1 Å². The van der Waals surface area contributed by atoms with Gasteiger partial charge in [-0.2, -0.15) is 0 Å². The van der Waals surface area contributed by atoms with Gasteiger partial charge in [-0.1, -0.05) is 6.08 Å². The van der Waals surface area contributed by atoms with Crippen LogP contribution in [0.4, 0.5) is 0 Å². The first kappa shape index (κ1) is 19.2. The van der Waals surface area contributed by atoms with Gasteiger partial charge in [0, 0.05) is 18.9 Å². The molecule has 9 heteroatoms. The summed E-state index contributed by atoms with van der Waals surface area (Å²) in [6.45, 7) is 0. The van der Waals surface area contributed by atoms with Crippen LogP contribution in [0.25, 0.3) is 0 Å². The summed E-state index contributed by atoms with van der Waals surface area (Å²) in [5.41, 5.74) is -0.150. The van der Waals surface area contributed by atoms with Gasteiger partial charge in [0.2, 0.25) is 0 Å². The van der Waals surface area contributed by atoms with E-state index in [-0.39, 0.29) is 16.7 Å². The molecule has 0 unspecified atom stereocenters. The van der Waals surface area contributed by atoms with E-state index < -0.39 is 35.7 Å². The molecule has 1 aliphatic carbocycles. The Labute approximate surface area is 149 Å². The Kier molecular flexibility index (Phi) is 5.49. The first-order valence-electron chi connectivity index (χ1n) is 7.56. The number of ether oxygens (including phenoxy) is 4. The third-order valence-electron chi connectivity index (χ3n) is 4.28. The number of allylic oxidation sites excluding steroid dienone is 1. The van der Waals surface area contributed by atoms with Crippen molar-refractivity contribution in [3.05, 3.63) is 34.7 Å². The maximum absolute atomic E-state index is 12.5. The predicted octanol–water partition coefficient (Wildman–Crippen LogP) is -0.0658. The zero-order valence-electron chi connectivity index (χ0n) is 15.0. The van der Waals surface area contributed by atoms with Gasteiger partial charge >= 0.3 is 23.9 Å². The number of carbonyl (C=O) groups excluding carboxylic acids is 4. The maximum Gasteiger partial charge on any atom is 0.336 e. The van der Waals surface area contributed by atoms with E-state index in [4.69, 9.17) is 18.9 Å². The van der Waals surface area contributed by atoms with E-state index in [1.807, 2.05) is 0 Å². The molecule has 0 bridgehead atoms. The molecule has 0 saturated heterocycles. The summed E-state index contributed by atoms with van der Waals surface area (Å²) in [7, 11) is 6.16. The lowest BCUT2D eigenvalue weighted by Crippen LogP contribution is -2.39. The zero-order valence-corrected chi connectivity index (χ0v) is 15.0. The van der Waals surface area contributed by atoms with Gasteiger partial charge in [-0.15, -0.1) is 0 Å². The van der Waals surface area contributed by atoms with Crippen LogP contribution in [0.3, 0.4) is 0 Å². The van der Waals surface area contributed by atoms with Crippen LogP contribution in [0.5, 0.6) is 0 Å². The quantitative estimate of drug-likeness (QED) is 0.500. The van der Waals surface area contributed by atoms with E-state index in [1.165, 1.54) is 0 Å². The molecule has 140 valence electrons. The van der Waals surface area contributed by atoms with Crippen LogP contribution in [0, 0.1) is 11.8 Å². The highest BCUT2D eigenvalue weighted by molar-refractivity contribution is 6.11. The minimum Gasteiger partial charge on any atom is -0.468 e. The smallest absolute Gasteiger partial charge is 0.336 e. The zero-order chi connectivity index (χ0) is 19.6. The summed E-state index contributed by atoms with van der Waals surface area (Å²) in [4.78, 5) is 51.4. The second-order valence-electron chi connectivity index (χ2n) is 5.49. The molecule has 2 atom stereocenters. The molecule has 0 aromatic heterocycles. The number of carbonyl (C=O) groups is 4. The number of fused-ring (bicyclic) bond motifs is 1. The molecule has 2 aliphatic rings.